The number of nitrogens with zero attached hydrogens (tertiary/aromatic N) is 7. The third-order valence-electron chi connectivity index (χ3n) is 10.1. The summed E-state index contributed by atoms with van der Waals surface area (Å²) >= 11 is 0. The van der Waals surface area contributed by atoms with E-state index in [1.165, 1.54) is 24.6 Å². The highest BCUT2D eigenvalue weighted by atomic mass is 19.4. The van der Waals surface area contributed by atoms with E-state index >= 15 is 8.78 Å². The van der Waals surface area contributed by atoms with E-state index in [9.17, 15) is 36.6 Å². The predicted octanol–water partition coefficient (Wildman–Crippen LogP) is 6.61. The van der Waals surface area contributed by atoms with Crippen molar-refractivity contribution in [1.29, 1.82) is 0 Å². The van der Waals surface area contributed by atoms with Crippen LogP contribution in [0.15, 0.2) is 48.5 Å². The van der Waals surface area contributed by atoms with E-state index in [0.29, 0.717) is 48.7 Å². The van der Waals surface area contributed by atoms with Gasteiger partial charge in [0.25, 0.3) is 5.92 Å². The van der Waals surface area contributed by atoms with Crippen LogP contribution in [0.5, 0.6) is 0 Å². The van der Waals surface area contributed by atoms with Gasteiger partial charge >= 0.3 is 18.2 Å². The van der Waals surface area contributed by atoms with E-state index in [4.69, 9.17) is 0 Å². The zero-order chi connectivity index (χ0) is 42.6. The molecule has 1 aliphatic heterocycles. The van der Waals surface area contributed by atoms with Gasteiger partial charge in [-0.15, -0.1) is 0 Å². The molecule has 2 aliphatic rings. The minimum absolute atomic E-state index is 0.0148. The Bertz CT molecular complexity index is 2500. The fraction of sp³-hybridized carbons (Fsp3) is 0.375. The molecule has 1 fully saturated rings. The molecule has 3 amide bonds. The van der Waals surface area contributed by atoms with Crippen molar-refractivity contribution in [3.8, 4) is 23.0 Å². The Morgan fingerprint density at radius 1 is 0.949 bits per heavy atom. The maximum Gasteiger partial charge on any atom is 0.435 e. The molecule has 1 atom stereocenters. The van der Waals surface area contributed by atoms with E-state index in [1.54, 1.807) is 36.2 Å². The molecular weight excluding hydrogens is 787 g/mol. The smallest absolute Gasteiger partial charge is 0.378 e. The van der Waals surface area contributed by atoms with Crippen molar-refractivity contribution >= 4 is 28.8 Å². The van der Waals surface area contributed by atoms with E-state index in [2.05, 4.69) is 42.6 Å². The summed E-state index contributed by atoms with van der Waals surface area (Å²) in [7, 11) is 3.58. The quantitative estimate of drug-likeness (QED) is 0.130. The summed E-state index contributed by atoms with van der Waals surface area (Å²) in [4.78, 5) is 35.8. The molecule has 0 spiro atoms. The first-order valence-electron chi connectivity index (χ1n) is 18.5. The van der Waals surface area contributed by atoms with Crippen molar-refractivity contribution in [2.45, 2.75) is 56.9 Å². The number of rotatable bonds is 6. The Kier molecular flexibility index (Phi) is 10.7. The van der Waals surface area contributed by atoms with E-state index in [-0.39, 0.29) is 39.0 Å². The van der Waals surface area contributed by atoms with Gasteiger partial charge in [0.1, 0.15) is 28.6 Å². The molecule has 7 rings (SSSR count). The van der Waals surface area contributed by atoms with Crippen LogP contribution in [0.2, 0.25) is 0 Å². The van der Waals surface area contributed by atoms with Gasteiger partial charge in [-0.05, 0) is 75.6 Å². The van der Waals surface area contributed by atoms with E-state index < -0.39 is 77.6 Å². The summed E-state index contributed by atoms with van der Waals surface area (Å²) in [6.45, 7) is 5.20. The highest BCUT2D eigenvalue weighted by molar-refractivity contribution is 6.04. The number of amides is 3. The lowest BCUT2D eigenvalue weighted by Gasteiger charge is -2.32. The average molecular weight is 826 g/mol. The maximum atomic E-state index is 15.2. The molecule has 3 aromatic heterocycles. The Morgan fingerprint density at radius 3 is 2.31 bits per heavy atom. The minimum Gasteiger partial charge on any atom is -0.378 e. The number of anilines is 1. The van der Waals surface area contributed by atoms with E-state index in [0.717, 1.165) is 12.1 Å². The van der Waals surface area contributed by atoms with Crippen molar-refractivity contribution in [1.82, 2.24) is 39.7 Å². The molecule has 1 saturated heterocycles. The lowest BCUT2D eigenvalue weighted by Crippen LogP contribution is -2.48. The minimum atomic E-state index is -5.17. The third kappa shape index (κ3) is 8.59. The number of aromatic nitrogens is 5. The monoisotopic (exact) mass is 825 g/mol. The number of hydrogen-bond donors (Lipinski definition) is 3. The van der Waals surface area contributed by atoms with E-state index in [1.807, 2.05) is 7.05 Å². The molecule has 1 aliphatic carbocycles. The molecule has 310 valence electrons. The first kappa shape index (κ1) is 41.2. The van der Waals surface area contributed by atoms with Crippen molar-refractivity contribution in [2.24, 2.45) is 7.05 Å². The van der Waals surface area contributed by atoms with Crippen molar-refractivity contribution in [2.75, 3.05) is 38.5 Å². The molecule has 0 saturated carbocycles. The Labute approximate surface area is 333 Å². The van der Waals surface area contributed by atoms with Crippen LogP contribution in [0.1, 0.15) is 60.2 Å². The summed E-state index contributed by atoms with van der Waals surface area (Å²) in [5.74, 6) is -0.200. The highest BCUT2D eigenvalue weighted by Gasteiger charge is 2.51. The summed E-state index contributed by atoms with van der Waals surface area (Å²) in [6.07, 6.45) is -7.29. The molecule has 1 unspecified atom stereocenters. The van der Waals surface area contributed by atoms with Crippen LogP contribution in [-0.4, -0.2) is 90.3 Å². The largest absolute Gasteiger partial charge is 0.435 e. The summed E-state index contributed by atoms with van der Waals surface area (Å²) in [5.41, 5.74) is -4.06. The molecule has 19 heteroatoms. The standard InChI is InChI=1S/C40H38F7N9O3/c1-38(2,59)12-10-25-8-9-26(27-6-5-7-28-32(27)54(4)52-35(28)50-36(57)55-16-14-53(3)15-17-55)31(48-25)30(20-22-18-23(41)21-24(42)19-22)49-37(58)56-34-29(11-13-39(34,43)44)33(51-56)40(45,46)47/h5-9,18-19,21,30,59H,11,13-17,20H2,1-4H3,(H,49,58)(H,50,52,57). The SMILES string of the molecule is CN1CCN(C(=O)Nc2nn(C)c3c(-c4ccc(C#CC(C)(C)O)nc4C(Cc4cc(F)cc(F)c4)NC(=O)n4nc(C(F)(F)F)c5c4C(F)(F)CC5)cccc23)CC1. The van der Waals surface area contributed by atoms with Crippen LogP contribution in [0, 0.1) is 23.5 Å². The number of aryl methyl sites for hydroxylation is 1. The van der Waals surface area contributed by atoms with Crippen LogP contribution in [-0.2, 0) is 32.0 Å². The van der Waals surface area contributed by atoms with Gasteiger partial charge in [-0.2, -0.15) is 36.8 Å². The predicted molar refractivity (Wildman–Crippen MR) is 201 cm³/mol. The van der Waals surface area contributed by atoms with Crippen LogP contribution >= 0.6 is 0 Å². The van der Waals surface area contributed by atoms with Crippen molar-refractivity contribution < 1.29 is 45.4 Å². The molecule has 4 heterocycles. The Morgan fingerprint density at radius 2 is 1.64 bits per heavy atom. The Hall–Kier alpha value is -6.00. The number of carbonyl (C=O) groups is 2. The number of para-hydroxylation sites is 1. The second-order valence-electron chi connectivity index (χ2n) is 15.1. The number of benzene rings is 2. The van der Waals surface area contributed by atoms with Gasteiger partial charge in [-0.25, -0.2) is 23.4 Å². The van der Waals surface area contributed by atoms with Crippen LogP contribution in [0.3, 0.4) is 0 Å². The highest BCUT2D eigenvalue weighted by Crippen LogP contribution is 2.46. The number of nitrogens with one attached hydrogen (secondary N) is 2. The van der Waals surface area contributed by atoms with Gasteiger partial charge in [0, 0.05) is 67.8 Å². The molecular formula is C40H38F7N9O3. The number of hydrogen-bond acceptors (Lipinski definition) is 7. The topological polar surface area (TPSA) is 133 Å². The second-order valence-corrected chi connectivity index (χ2v) is 15.1. The van der Waals surface area contributed by atoms with Gasteiger partial charge in [0.2, 0.25) is 0 Å². The molecule has 5 aromatic rings. The molecule has 0 bridgehead atoms. The van der Waals surface area contributed by atoms with Gasteiger partial charge < -0.3 is 20.2 Å². The lowest BCUT2D eigenvalue weighted by molar-refractivity contribution is -0.142. The zero-order valence-corrected chi connectivity index (χ0v) is 32.2. The summed E-state index contributed by atoms with van der Waals surface area (Å²) in [6, 6.07) is 7.33. The van der Waals surface area contributed by atoms with Crippen molar-refractivity contribution in [3.63, 3.8) is 0 Å². The maximum absolute atomic E-state index is 15.2. The summed E-state index contributed by atoms with van der Waals surface area (Å²) < 4.78 is 103. The van der Waals surface area contributed by atoms with Crippen molar-refractivity contribution in [3.05, 3.63) is 94.1 Å². The molecule has 59 heavy (non-hydrogen) atoms. The first-order chi connectivity index (χ1) is 27.7. The average Bonchev–Trinajstić information content (AvgIpc) is 3.81. The van der Waals surface area contributed by atoms with Gasteiger partial charge in [0.15, 0.2) is 11.5 Å². The van der Waals surface area contributed by atoms with Gasteiger partial charge in [-0.3, -0.25) is 10.00 Å². The number of alkyl halides is 5. The number of carbonyl (C=O) groups excluding carboxylic acids is 2. The van der Waals surface area contributed by atoms with Crippen LogP contribution in [0.25, 0.3) is 22.0 Å². The molecule has 2 aromatic carbocycles. The zero-order valence-electron chi connectivity index (χ0n) is 32.2. The van der Waals surface area contributed by atoms with Crippen LogP contribution in [0.4, 0.5) is 46.1 Å². The fourth-order valence-corrected chi connectivity index (χ4v) is 7.32. The fourth-order valence-electron chi connectivity index (χ4n) is 7.32. The van der Waals surface area contributed by atoms with Gasteiger partial charge in [-0.1, -0.05) is 18.1 Å². The lowest BCUT2D eigenvalue weighted by atomic mass is 9.94. The Balaban J connectivity index is 1.38. The number of pyridine rings is 1. The number of aliphatic hydroxyl groups is 1. The second kappa shape index (κ2) is 15.3. The summed E-state index contributed by atoms with van der Waals surface area (Å²) in [5, 5.41) is 24.1. The molecule has 12 nitrogen and oxygen atoms in total. The first-order valence-corrected chi connectivity index (χ1v) is 18.5. The number of likely N-dealkylation sites (N-methyl/N-ethyl adjacent to an activating group) is 1. The number of fused-ring (bicyclic) bond motifs is 2. The van der Waals surface area contributed by atoms with Crippen LogP contribution < -0.4 is 10.6 Å². The molecule has 3 N–H and O–H groups in total. The molecule has 0 radical (unpaired) electrons. The third-order valence-corrected chi connectivity index (χ3v) is 10.1. The number of urea groups is 1. The number of piperazine rings is 1. The normalized spacial score (nSPS) is 16.1. The van der Waals surface area contributed by atoms with Gasteiger partial charge in [0.05, 0.1) is 17.3 Å². The number of halogens is 7.